The van der Waals surface area contributed by atoms with Crippen molar-refractivity contribution >= 4 is 17.7 Å². The Morgan fingerprint density at radius 2 is 2.38 bits per heavy atom. The van der Waals surface area contributed by atoms with Gasteiger partial charge in [0, 0.05) is 19.0 Å². The molecule has 1 fully saturated rings. The van der Waals surface area contributed by atoms with E-state index < -0.39 is 0 Å². The van der Waals surface area contributed by atoms with Gasteiger partial charge < -0.3 is 10.2 Å². The summed E-state index contributed by atoms with van der Waals surface area (Å²) in [6, 6.07) is -0.0270. The summed E-state index contributed by atoms with van der Waals surface area (Å²) >= 11 is 1.55. The minimum Gasteiger partial charge on any atom is -0.371 e. The fraction of sp³-hybridized carbons (Fsp3) is 0.500. The highest BCUT2D eigenvalue weighted by molar-refractivity contribution is 8.03. The van der Waals surface area contributed by atoms with Gasteiger partial charge in [-0.25, -0.2) is 0 Å². The maximum atomic E-state index is 11.2. The lowest BCUT2D eigenvalue weighted by atomic mass is 10.0. The third-order valence-electron chi connectivity index (χ3n) is 2.62. The van der Waals surface area contributed by atoms with Gasteiger partial charge in [-0.05, 0) is 6.08 Å². The zero-order chi connectivity index (χ0) is 11.7. The Kier molecular flexibility index (Phi) is 2.88. The van der Waals surface area contributed by atoms with Crippen LogP contribution in [0.5, 0.6) is 0 Å². The first-order valence-electron chi connectivity index (χ1n) is 5.01. The third-order valence-corrected chi connectivity index (χ3v) is 3.77. The summed E-state index contributed by atoms with van der Waals surface area (Å²) < 4.78 is 0. The number of carbonyl (C=O) groups is 1. The summed E-state index contributed by atoms with van der Waals surface area (Å²) in [4.78, 5) is 17.6. The molecule has 0 radical (unpaired) electrons. The molecule has 0 aromatic rings. The van der Waals surface area contributed by atoms with Gasteiger partial charge in [0.25, 0.3) is 0 Å². The van der Waals surface area contributed by atoms with Gasteiger partial charge in [-0.15, -0.1) is 11.8 Å². The van der Waals surface area contributed by atoms with Crippen LogP contribution in [0.2, 0.25) is 0 Å². The van der Waals surface area contributed by atoms with E-state index in [4.69, 9.17) is 5.39 Å². The van der Waals surface area contributed by atoms with Crippen LogP contribution in [0.25, 0.3) is 4.98 Å². The molecule has 1 heterocycles. The summed E-state index contributed by atoms with van der Waals surface area (Å²) in [5.74, 6) is 0.506. The van der Waals surface area contributed by atoms with Crippen LogP contribution in [0.3, 0.4) is 0 Å². The van der Waals surface area contributed by atoms with Crippen LogP contribution in [0.4, 0.5) is 0 Å². The maximum Gasteiger partial charge on any atom is 0.387 e. The molecule has 1 unspecified atom stereocenters. The molecule has 2 aliphatic rings. The molecule has 84 valence electrons. The van der Waals surface area contributed by atoms with Crippen molar-refractivity contribution in [3.63, 3.8) is 0 Å². The van der Waals surface area contributed by atoms with Gasteiger partial charge in [0.05, 0.1) is 18.2 Å². The smallest absolute Gasteiger partial charge is 0.371 e. The van der Waals surface area contributed by atoms with E-state index in [0.29, 0.717) is 17.9 Å². The van der Waals surface area contributed by atoms with Crippen molar-refractivity contribution in [3.05, 3.63) is 27.4 Å². The quantitative estimate of drug-likeness (QED) is 0.695. The predicted octanol–water partition coefficient (Wildman–Crippen LogP) is 1.13. The highest BCUT2D eigenvalue weighted by atomic mass is 32.2. The summed E-state index contributed by atoms with van der Waals surface area (Å²) in [5, 5.41) is 11.8. The number of thioether (sulfide) groups is 1. The molecular formula is C10H13N4OS+. The number of fused-ring (bicyclic) bond motifs is 1. The molecule has 0 spiro atoms. The number of diazo groups is 1. The number of carbonyl (C=O) groups excluding carboxylic acids is 1. The Bertz CT molecular complexity index is 433. The third kappa shape index (κ3) is 1.91. The molecule has 1 N–H and O–H groups in total. The average molecular weight is 237 g/mol. The van der Waals surface area contributed by atoms with Crippen LogP contribution >= 0.6 is 11.8 Å². The standard InChI is InChI=1S/C10H12N4OS/c1-14(2)8-4-9-7(3-6(8)13-11)12-10(15)5-16-9/h4,7H,3,5H2,1-2H3/p+1. The molecule has 1 saturated heterocycles. The molecule has 1 aliphatic carbocycles. The Hall–Kier alpha value is -1.48. The number of nitrogens with one attached hydrogen (secondary N) is 1. The van der Waals surface area contributed by atoms with Crippen LogP contribution in [-0.2, 0) is 4.79 Å². The number of hydrogen-bond acceptors (Lipinski definition) is 4. The molecular weight excluding hydrogens is 224 g/mol. The molecule has 6 heteroatoms. The summed E-state index contributed by atoms with van der Waals surface area (Å²) in [6.07, 6.45) is 2.53. The van der Waals surface area contributed by atoms with Crippen LogP contribution in [-0.4, -0.2) is 36.7 Å². The molecule has 1 amide bonds. The first-order valence-corrected chi connectivity index (χ1v) is 5.99. The number of rotatable bonds is 1. The lowest BCUT2D eigenvalue weighted by Crippen LogP contribution is -2.42. The minimum atomic E-state index is -0.0270. The van der Waals surface area contributed by atoms with Crippen molar-refractivity contribution in [1.29, 1.82) is 5.39 Å². The number of amides is 1. The number of allylic oxidation sites excluding steroid dienone is 1. The Morgan fingerprint density at radius 3 is 3.00 bits per heavy atom. The highest BCUT2D eigenvalue weighted by Crippen LogP contribution is 2.34. The Labute approximate surface area is 98.2 Å². The van der Waals surface area contributed by atoms with Crippen molar-refractivity contribution in [1.82, 2.24) is 10.2 Å². The molecule has 1 aliphatic heterocycles. The van der Waals surface area contributed by atoms with Gasteiger partial charge in [-0.3, -0.25) is 4.79 Å². The van der Waals surface area contributed by atoms with Crippen LogP contribution in [0.1, 0.15) is 6.42 Å². The molecule has 1 atom stereocenters. The summed E-state index contributed by atoms with van der Waals surface area (Å²) in [7, 11) is 3.81. The van der Waals surface area contributed by atoms with Crippen LogP contribution in [0, 0.1) is 5.39 Å². The van der Waals surface area contributed by atoms with E-state index in [0.717, 1.165) is 10.6 Å². The second kappa shape index (κ2) is 4.18. The summed E-state index contributed by atoms with van der Waals surface area (Å²) in [6.45, 7) is 0. The van der Waals surface area contributed by atoms with E-state index in [1.165, 1.54) is 0 Å². The van der Waals surface area contributed by atoms with Crippen molar-refractivity contribution < 1.29 is 4.79 Å². The summed E-state index contributed by atoms with van der Waals surface area (Å²) in [5.41, 5.74) is 1.51. The second-order valence-electron chi connectivity index (χ2n) is 3.99. The van der Waals surface area contributed by atoms with E-state index in [2.05, 4.69) is 10.3 Å². The average Bonchev–Trinajstić information content (AvgIpc) is 2.26. The van der Waals surface area contributed by atoms with Gasteiger partial charge >= 0.3 is 5.70 Å². The number of hydrogen-bond donors (Lipinski definition) is 1. The molecule has 0 aromatic carbocycles. The van der Waals surface area contributed by atoms with E-state index in [-0.39, 0.29) is 11.9 Å². The molecule has 2 rings (SSSR count). The van der Waals surface area contributed by atoms with Crippen LogP contribution in [0.15, 0.2) is 22.4 Å². The zero-order valence-electron chi connectivity index (χ0n) is 9.23. The fourth-order valence-corrected chi connectivity index (χ4v) is 2.77. The van der Waals surface area contributed by atoms with E-state index >= 15 is 0 Å². The predicted molar refractivity (Wildman–Crippen MR) is 62.9 cm³/mol. The maximum absolute atomic E-state index is 11.2. The minimum absolute atomic E-state index is 0.0270. The second-order valence-corrected chi connectivity index (χ2v) is 5.03. The van der Waals surface area contributed by atoms with Gasteiger partial charge in [0.1, 0.15) is 5.70 Å². The van der Waals surface area contributed by atoms with Crippen molar-refractivity contribution in [2.45, 2.75) is 12.5 Å². The van der Waals surface area contributed by atoms with E-state index in [1.807, 2.05) is 25.1 Å². The molecule has 0 saturated carbocycles. The Balaban J connectivity index is 2.32. The topological polar surface area (TPSA) is 60.5 Å². The fourth-order valence-electron chi connectivity index (χ4n) is 1.85. The largest absolute Gasteiger partial charge is 0.387 e. The van der Waals surface area contributed by atoms with E-state index in [1.54, 1.807) is 11.8 Å². The van der Waals surface area contributed by atoms with Crippen molar-refractivity contribution in [3.8, 4) is 0 Å². The molecule has 16 heavy (non-hydrogen) atoms. The number of likely N-dealkylation sites (N-methyl/N-ethyl adjacent to an activating group) is 1. The number of nitrogens with zero attached hydrogens (tertiary/aromatic N) is 3. The monoisotopic (exact) mass is 237 g/mol. The van der Waals surface area contributed by atoms with Gasteiger partial charge in [-0.2, -0.15) is 0 Å². The zero-order valence-corrected chi connectivity index (χ0v) is 10.0. The molecule has 0 bridgehead atoms. The lowest BCUT2D eigenvalue weighted by Gasteiger charge is -2.28. The first-order chi connectivity index (χ1) is 7.61. The van der Waals surface area contributed by atoms with Crippen LogP contribution < -0.4 is 5.32 Å². The first kappa shape index (κ1) is 11.0. The normalized spacial score (nSPS) is 24.2. The van der Waals surface area contributed by atoms with Gasteiger partial charge in [-0.1, -0.05) is 0 Å². The van der Waals surface area contributed by atoms with Crippen molar-refractivity contribution in [2.75, 3.05) is 19.8 Å². The van der Waals surface area contributed by atoms with Crippen molar-refractivity contribution in [2.24, 2.45) is 0 Å². The van der Waals surface area contributed by atoms with Gasteiger partial charge in [0.2, 0.25) is 11.3 Å². The SMILES string of the molecule is CN(C)C1=C([N+]#N)CC2NC(=O)CSC2=C1. The lowest BCUT2D eigenvalue weighted by molar-refractivity contribution is -0.119. The Morgan fingerprint density at radius 1 is 1.62 bits per heavy atom. The van der Waals surface area contributed by atoms with Gasteiger partial charge in [0.15, 0.2) is 4.98 Å². The highest BCUT2D eigenvalue weighted by Gasteiger charge is 2.35. The van der Waals surface area contributed by atoms with E-state index in [9.17, 15) is 4.79 Å². The molecule has 0 aromatic heterocycles. The molecule has 5 nitrogen and oxygen atoms in total.